The van der Waals surface area contributed by atoms with Gasteiger partial charge in [-0.15, -0.1) is 0 Å². The van der Waals surface area contributed by atoms with Crippen molar-refractivity contribution in [2.45, 2.75) is 39.8 Å². The Kier molecular flexibility index (Phi) is 8.05. The lowest BCUT2D eigenvalue weighted by molar-refractivity contribution is 0.0341. The normalized spacial score (nSPS) is 15.5. The molecule has 2 rings (SSSR count). The van der Waals surface area contributed by atoms with Gasteiger partial charge in [0.05, 0.1) is 13.2 Å². The third kappa shape index (κ3) is 6.89. The molecule has 1 fully saturated rings. The van der Waals surface area contributed by atoms with Crippen molar-refractivity contribution in [3.05, 3.63) is 35.4 Å². The van der Waals surface area contributed by atoms with Gasteiger partial charge in [0.2, 0.25) is 0 Å². The van der Waals surface area contributed by atoms with Crippen LogP contribution >= 0.6 is 0 Å². The molecule has 1 saturated heterocycles. The molecule has 1 aromatic rings. The second-order valence-electron chi connectivity index (χ2n) is 6.80. The molecule has 0 radical (unpaired) electrons. The summed E-state index contributed by atoms with van der Waals surface area (Å²) in [7, 11) is 0. The predicted molar refractivity (Wildman–Crippen MR) is 96.8 cm³/mol. The zero-order chi connectivity index (χ0) is 17.2. The third-order valence-electron chi connectivity index (χ3n) is 4.30. The van der Waals surface area contributed by atoms with Crippen molar-refractivity contribution >= 4 is 6.03 Å². The Morgan fingerprint density at radius 3 is 2.58 bits per heavy atom. The summed E-state index contributed by atoms with van der Waals surface area (Å²) in [5, 5.41) is 5.90. The molecule has 134 valence electrons. The van der Waals surface area contributed by atoms with E-state index in [-0.39, 0.29) is 6.03 Å². The van der Waals surface area contributed by atoms with E-state index in [1.807, 2.05) is 6.07 Å². The summed E-state index contributed by atoms with van der Waals surface area (Å²) in [5.74, 6) is 0.682. The summed E-state index contributed by atoms with van der Waals surface area (Å²) in [6.45, 7) is 10.2. The number of morpholine rings is 1. The Balaban J connectivity index is 1.76. The van der Waals surface area contributed by atoms with Crippen LogP contribution in [-0.2, 0) is 17.8 Å². The van der Waals surface area contributed by atoms with E-state index in [1.54, 1.807) is 0 Å². The minimum atomic E-state index is -0.0834. The van der Waals surface area contributed by atoms with Crippen molar-refractivity contribution in [1.82, 2.24) is 15.5 Å². The smallest absolute Gasteiger partial charge is 0.315 e. The number of carbonyl (C=O) groups excluding carboxylic acids is 1. The first-order chi connectivity index (χ1) is 11.6. The molecule has 24 heavy (non-hydrogen) atoms. The minimum absolute atomic E-state index is 0.0834. The van der Waals surface area contributed by atoms with E-state index >= 15 is 0 Å². The summed E-state index contributed by atoms with van der Waals surface area (Å²) in [5.41, 5.74) is 2.46. The molecular weight excluding hydrogens is 302 g/mol. The molecule has 2 amide bonds. The van der Waals surface area contributed by atoms with Crippen LogP contribution in [0.1, 0.15) is 37.8 Å². The van der Waals surface area contributed by atoms with E-state index in [0.29, 0.717) is 12.5 Å². The van der Waals surface area contributed by atoms with Gasteiger partial charge in [0, 0.05) is 32.7 Å². The van der Waals surface area contributed by atoms with Gasteiger partial charge >= 0.3 is 6.03 Å². The zero-order valence-corrected chi connectivity index (χ0v) is 15.0. The fourth-order valence-electron chi connectivity index (χ4n) is 2.83. The average molecular weight is 333 g/mol. The number of nitrogens with zero attached hydrogens (tertiary/aromatic N) is 1. The fourth-order valence-corrected chi connectivity index (χ4v) is 2.83. The highest BCUT2D eigenvalue weighted by Crippen LogP contribution is 2.13. The molecule has 1 aliphatic rings. The van der Waals surface area contributed by atoms with Crippen LogP contribution in [0.5, 0.6) is 0 Å². The van der Waals surface area contributed by atoms with E-state index in [4.69, 9.17) is 4.74 Å². The lowest BCUT2D eigenvalue weighted by Gasteiger charge is -2.27. The summed E-state index contributed by atoms with van der Waals surface area (Å²) in [6.07, 6.45) is 2.17. The monoisotopic (exact) mass is 333 g/mol. The maximum atomic E-state index is 11.9. The number of benzene rings is 1. The molecule has 1 heterocycles. The van der Waals surface area contributed by atoms with Crippen molar-refractivity contribution in [2.75, 3.05) is 32.8 Å². The molecule has 0 atom stereocenters. The molecule has 1 aromatic carbocycles. The van der Waals surface area contributed by atoms with Gasteiger partial charge in [0.15, 0.2) is 0 Å². The van der Waals surface area contributed by atoms with Crippen molar-refractivity contribution in [1.29, 1.82) is 0 Å². The van der Waals surface area contributed by atoms with Gasteiger partial charge in [-0.25, -0.2) is 4.79 Å². The molecule has 0 aliphatic carbocycles. The maximum Gasteiger partial charge on any atom is 0.315 e. The Morgan fingerprint density at radius 2 is 1.88 bits per heavy atom. The number of amides is 2. The SMILES string of the molecule is CC(C)CCCNC(=O)NCc1ccccc1CN1CCOCC1. The van der Waals surface area contributed by atoms with Crippen molar-refractivity contribution in [3.63, 3.8) is 0 Å². The maximum absolute atomic E-state index is 11.9. The van der Waals surface area contributed by atoms with E-state index in [1.165, 1.54) is 11.1 Å². The van der Waals surface area contributed by atoms with Gasteiger partial charge in [-0.2, -0.15) is 0 Å². The van der Waals surface area contributed by atoms with Crippen molar-refractivity contribution in [3.8, 4) is 0 Å². The highest BCUT2D eigenvalue weighted by atomic mass is 16.5. The van der Waals surface area contributed by atoms with E-state index in [0.717, 1.165) is 52.2 Å². The lowest BCUT2D eigenvalue weighted by Crippen LogP contribution is -2.37. The van der Waals surface area contributed by atoms with E-state index in [9.17, 15) is 4.79 Å². The number of carbonyl (C=O) groups is 1. The first-order valence-corrected chi connectivity index (χ1v) is 9.03. The summed E-state index contributed by atoms with van der Waals surface area (Å²) in [6, 6.07) is 8.24. The highest BCUT2D eigenvalue weighted by Gasteiger charge is 2.12. The van der Waals surface area contributed by atoms with Crippen molar-refractivity contribution in [2.24, 2.45) is 5.92 Å². The summed E-state index contributed by atoms with van der Waals surface area (Å²) < 4.78 is 5.40. The van der Waals surface area contributed by atoms with Gasteiger partial charge in [-0.1, -0.05) is 38.1 Å². The molecule has 1 aliphatic heterocycles. The number of hydrogen-bond acceptors (Lipinski definition) is 3. The van der Waals surface area contributed by atoms with Gasteiger partial charge in [0.25, 0.3) is 0 Å². The summed E-state index contributed by atoms with van der Waals surface area (Å²) in [4.78, 5) is 14.3. The van der Waals surface area contributed by atoms with Crippen LogP contribution in [0.25, 0.3) is 0 Å². The Morgan fingerprint density at radius 1 is 1.17 bits per heavy atom. The standard InChI is InChI=1S/C19H31N3O2/c1-16(2)6-5-9-20-19(23)21-14-17-7-3-4-8-18(17)15-22-10-12-24-13-11-22/h3-4,7-8,16H,5-6,9-15H2,1-2H3,(H2,20,21,23). The van der Waals surface area contributed by atoms with Gasteiger partial charge < -0.3 is 15.4 Å². The Labute approximate surface area is 145 Å². The Bertz CT molecular complexity index is 499. The van der Waals surface area contributed by atoms with Crippen LogP contribution in [0.15, 0.2) is 24.3 Å². The lowest BCUT2D eigenvalue weighted by atomic mass is 10.1. The molecule has 5 nitrogen and oxygen atoms in total. The second-order valence-corrected chi connectivity index (χ2v) is 6.80. The molecule has 0 unspecified atom stereocenters. The number of ether oxygens (including phenoxy) is 1. The molecule has 0 spiro atoms. The largest absolute Gasteiger partial charge is 0.379 e. The third-order valence-corrected chi connectivity index (χ3v) is 4.30. The van der Waals surface area contributed by atoms with Gasteiger partial charge in [0.1, 0.15) is 0 Å². The molecule has 2 N–H and O–H groups in total. The van der Waals surface area contributed by atoms with Crippen LogP contribution in [0.4, 0.5) is 4.79 Å². The molecular formula is C19H31N3O2. The average Bonchev–Trinajstić information content (AvgIpc) is 2.59. The quantitative estimate of drug-likeness (QED) is 0.719. The fraction of sp³-hybridized carbons (Fsp3) is 0.632. The van der Waals surface area contributed by atoms with E-state index in [2.05, 4.69) is 47.6 Å². The van der Waals surface area contributed by atoms with Crippen LogP contribution in [-0.4, -0.2) is 43.8 Å². The van der Waals surface area contributed by atoms with Crippen LogP contribution in [0.2, 0.25) is 0 Å². The molecule has 0 saturated carbocycles. The minimum Gasteiger partial charge on any atom is -0.379 e. The van der Waals surface area contributed by atoms with Crippen LogP contribution in [0, 0.1) is 5.92 Å². The van der Waals surface area contributed by atoms with Gasteiger partial charge in [-0.05, 0) is 29.9 Å². The summed E-state index contributed by atoms with van der Waals surface area (Å²) >= 11 is 0. The first-order valence-electron chi connectivity index (χ1n) is 9.03. The molecule has 5 heteroatoms. The van der Waals surface area contributed by atoms with E-state index < -0.39 is 0 Å². The topological polar surface area (TPSA) is 53.6 Å². The molecule has 0 aromatic heterocycles. The first kappa shape index (κ1) is 18.7. The van der Waals surface area contributed by atoms with Gasteiger partial charge in [-0.3, -0.25) is 4.90 Å². The second kappa shape index (κ2) is 10.3. The van der Waals surface area contributed by atoms with Crippen LogP contribution in [0.3, 0.4) is 0 Å². The predicted octanol–water partition coefficient (Wildman–Crippen LogP) is 2.75. The number of hydrogen-bond donors (Lipinski definition) is 2. The number of nitrogens with one attached hydrogen (secondary N) is 2. The molecule has 0 bridgehead atoms. The highest BCUT2D eigenvalue weighted by molar-refractivity contribution is 5.73. The number of rotatable bonds is 8. The number of urea groups is 1. The van der Waals surface area contributed by atoms with Crippen molar-refractivity contribution < 1.29 is 9.53 Å². The Hall–Kier alpha value is -1.59. The van der Waals surface area contributed by atoms with Crippen LogP contribution < -0.4 is 10.6 Å². The zero-order valence-electron chi connectivity index (χ0n) is 15.0.